The number of carbonyl (C=O) groups excluding carboxylic acids is 1. The molecule has 5 heteroatoms. The predicted molar refractivity (Wildman–Crippen MR) is 60.4 cm³/mol. The number of rotatable bonds is 3. The average Bonchev–Trinajstić information content (AvgIpc) is 2.63. The Morgan fingerprint density at radius 3 is 2.75 bits per heavy atom. The number of aliphatic hydroxyl groups excluding tert-OH is 1. The van der Waals surface area contributed by atoms with E-state index in [9.17, 15) is 9.18 Å². The molecule has 0 saturated carbocycles. The van der Waals surface area contributed by atoms with Gasteiger partial charge < -0.3 is 10.0 Å². The summed E-state index contributed by atoms with van der Waals surface area (Å²) < 4.78 is 12.8. The number of nitrogens with zero attached hydrogens (tertiary/aromatic N) is 1. The van der Waals surface area contributed by atoms with Crippen LogP contribution in [-0.2, 0) is 4.79 Å². The van der Waals surface area contributed by atoms with Gasteiger partial charge in [-0.05, 0) is 17.7 Å². The Bertz CT molecular complexity index is 382. The van der Waals surface area contributed by atoms with Crippen molar-refractivity contribution in [3.8, 4) is 0 Å². The van der Waals surface area contributed by atoms with Crippen LogP contribution in [0, 0.1) is 5.82 Å². The van der Waals surface area contributed by atoms with Crippen molar-refractivity contribution < 1.29 is 14.3 Å². The smallest absolute Gasteiger partial charge is 0.233 e. The van der Waals surface area contributed by atoms with E-state index in [2.05, 4.69) is 0 Å². The van der Waals surface area contributed by atoms with Gasteiger partial charge in [-0.1, -0.05) is 12.1 Å². The van der Waals surface area contributed by atoms with Crippen molar-refractivity contribution in [2.24, 2.45) is 0 Å². The lowest BCUT2D eigenvalue weighted by molar-refractivity contribution is -0.128. The first-order valence-electron chi connectivity index (χ1n) is 5.00. The van der Waals surface area contributed by atoms with Crippen LogP contribution in [-0.4, -0.2) is 34.8 Å². The van der Waals surface area contributed by atoms with Gasteiger partial charge in [-0.25, -0.2) is 4.39 Å². The van der Waals surface area contributed by atoms with Gasteiger partial charge in [0.1, 0.15) is 11.2 Å². The molecule has 1 unspecified atom stereocenters. The second-order valence-corrected chi connectivity index (χ2v) is 4.59. The zero-order valence-corrected chi connectivity index (χ0v) is 9.41. The van der Waals surface area contributed by atoms with E-state index in [1.54, 1.807) is 17.0 Å². The molecule has 16 heavy (non-hydrogen) atoms. The van der Waals surface area contributed by atoms with Crippen LogP contribution >= 0.6 is 11.8 Å². The fourth-order valence-corrected chi connectivity index (χ4v) is 2.93. The quantitative estimate of drug-likeness (QED) is 0.869. The maximum atomic E-state index is 12.8. The monoisotopic (exact) mass is 241 g/mol. The fraction of sp³-hybridized carbons (Fsp3) is 0.364. The van der Waals surface area contributed by atoms with Crippen molar-refractivity contribution in [1.82, 2.24) is 4.90 Å². The first-order valence-corrected chi connectivity index (χ1v) is 6.04. The third-order valence-electron chi connectivity index (χ3n) is 2.46. The van der Waals surface area contributed by atoms with Crippen LogP contribution in [0.4, 0.5) is 4.39 Å². The molecule has 0 aliphatic carbocycles. The Morgan fingerprint density at radius 1 is 1.44 bits per heavy atom. The first kappa shape index (κ1) is 11.4. The van der Waals surface area contributed by atoms with E-state index in [0.717, 1.165) is 5.56 Å². The van der Waals surface area contributed by atoms with E-state index in [4.69, 9.17) is 5.11 Å². The number of benzene rings is 1. The summed E-state index contributed by atoms with van der Waals surface area (Å²) in [5, 5.41) is 8.79. The van der Waals surface area contributed by atoms with Crippen LogP contribution in [0.1, 0.15) is 10.9 Å². The highest BCUT2D eigenvalue weighted by molar-refractivity contribution is 8.00. The van der Waals surface area contributed by atoms with Gasteiger partial charge >= 0.3 is 0 Å². The molecule has 0 bridgehead atoms. The van der Waals surface area contributed by atoms with Gasteiger partial charge in [0.25, 0.3) is 0 Å². The highest BCUT2D eigenvalue weighted by Crippen LogP contribution is 2.38. The van der Waals surface area contributed by atoms with Crippen molar-refractivity contribution in [3.05, 3.63) is 35.6 Å². The van der Waals surface area contributed by atoms with Crippen LogP contribution < -0.4 is 0 Å². The molecule has 2 rings (SSSR count). The Labute approximate surface area is 97.3 Å². The van der Waals surface area contributed by atoms with Crippen molar-refractivity contribution in [2.45, 2.75) is 5.37 Å². The summed E-state index contributed by atoms with van der Waals surface area (Å²) in [5.74, 6) is 0.155. The molecule has 1 amide bonds. The summed E-state index contributed by atoms with van der Waals surface area (Å²) in [7, 11) is 0. The number of hydrogen-bond donors (Lipinski definition) is 1. The Hall–Kier alpha value is -1.07. The van der Waals surface area contributed by atoms with E-state index in [1.165, 1.54) is 23.9 Å². The van der Waals surface area contributed by atoms with Crippen LogP contribution in [0.25, 0.3) is 0 Å². The zero-order valence-electron chi connectivity index (χ0n) is 8.60. The zero-order chi connectivity index (χ0) is 11.5. The molecule has 0 spiro atoms. The van der Waals surface area contributed by atoms with Crippen molar-refractivity contribution in [1.29, 1.82) is 0 Å². The SMILES string of the molecule is O=C1CSC(c2ccc(F)cc2)N1CCO. The predicted octanol–water partition coefficient (Wildman–Crippen LogP) is 1.39. The normalized spacial score (nSPS) is 20.5. The summed E-state index contributed by atoms with van der Waals surface area (Å²) in [6.45, 7) is 0.276. The standard InChI is InChI=1S/C11H12FNO2S/c12-9-3-1-8(2-4-9)11-13(5-6-14)10(15)7-16-11/h1-4,11,14H,5-7H2. The van der Waals surface area contributed by atoms with E-state index < -0.39 is 0 Å². The molecular weight excluding hydrogens is 229 g/mol. The Morgan fingerprint density at radius 2 is 2.12 bits per heavy atom. The number of hydrogen-bond acceptors (Lipinski definition) is 3. The summed E-state index contributed by atoms with van der Waals surface area (Å²) in [4.78, 5) is 13.2. The molecule has 1 aromatic carbocycles. The van der Waals surface area contributed by atoms with Gasteiger partial charge in [0, 0.05) is 6.54 Å². The lowest BCUT2D eigenvalue weighted by Gasteiger charge is -2.23. The fourth-order valence-electron chi connectivity index (χ4n) is 1.71. The maximum absolute atomic E-state index is 12.8. The Balaban J connectivity index is 2.19. The van der Waals surface area contributed by atoms with E-state index >= 15 is 0 Å². The number of thioether (sulfide) groups is 1. The largest absolute Gasteiger partial charge is 0.395 e. The van der Waals surface area contributed by atoms with Crippen LogP contribution in [0.5, 0.6) is 0 Å². The summed E-state index contributed by atoms with van der Waals surface area (Å²) in [6, 6.07) is 6.12. The molecule has 1 heterocycles. The minimum atomic E-state index is -0.285. The topological polar surface area (TPSA) is 40.5 Å². The molecule has 3 nitrogen and oxygen atoms in total. The van der Waals surface area contributed by atoms with E-state index in [-0.39, 0.29) is 23.7 Å². The van der Waals surface area contributed by atoms with E-state index in [1.807, 2.05) is 0 Å². The van der Waals surface area contributed by atoms with Crippen molar-refractivity contribution in [2.75, 3.05) is 18.9 Å². The second kappa shape index (κ2) is 4.84. The average molecular weight is 241 g/mol. The molecular formula is C11H12FNO2S. The first-order chi connectivity index (χ1) is 7.72. The van der Waals surface area contributed by atoms with Gasteiger partial charge in [0.05, 0.1) is 12.4 Å². The number of carbonyl (C=O) groups is 1. The molecule has 86 valence electrons. The minimum absolute atomic E-state index is 0.0216. The van der Waals surface area contributed by atoms with Gasteiger partial charge in [-0.2, -0.15) is 0 Å². The Kier molecular flexibility index (Phi) is 3.46. The summed E-state index contributed by atoms with van der Waals surface area (Å²) in [5.41, 5.74) is 0.894. The lowest BCUT2D eigenvalue weighted by Crippen LogP contribution is -2.30. The lowest BCUT2D eigenvalue weighted by atomic mass is 10.2. The van der Waals surface area contributed by atoms with Gasteiger partial charge in [0.15, 0.2) is 0 Å². The van der Waals surface area contributed by atoms with Crippen molar-refractivity contribution in [3.63, 3.8) is 0 Å². The molecule has 1 atom stereocenters. The van der Waals surface area contributed by atoms with Crippen LogP contribution in [0.3, 0.4) is 0 Å². The number of halogens is 1. The third-order valence-corrected chi connectivity index (χ3v) is 3.72. The highest BCUT2D eigenvalue weighted by atomic mass is 32.2. The molecule has 1 saturated heterocycles. The molecule has 1 aliphatic rings. The van der Waals surface area contributed by atoms with Crippen LogP contribution in [0.15, 0.2) is 24.3 Å². The second-order valence-electron chi connectivity index (χ2n) is 3.53. The number of amides is 1. The van der Waals surface area contributed by atoms with Crippen LogP contribution in [0.2, 0.25) is 0 Å². The molecule has 0 radical (unpaired) electrons. The molecule has 1 aromatic rings. The number of aliphatic hydroxyl groups is 1. The van der Waals surface area contributed by atoms with Gasteiger partial charge in [0.2, 0.25) is 5.91 Å². The van der Waals surface area contributed by atoms with Gasteiger partial charge in [-0.3, -0.25) is 4.79 Å². The number of β-amino-alcohol motifs (C(OH)–C–C–N with tert-alkyl or cyclic N) is 1. The molecule has 0 aromatic heterocycles. The summed E-state index contributed by atoms with van der Waals surface area (Å²) >= 11 is 1.50. The molecule has 1 N–H and O–H groups in total. The molecule has 1 fully saturated rings. The van der Waals surface area contributed by atoms with Gasteiger partial charge in [-0.15, -0.1) is 11.8 Å². The highest BCUT2D eigenvalue weighted by Gasteiger charge is 2.32. The van der Waals surface area contributed by atoms with Crippen molar-refractivity contribution >= 4 is 17.7 Å². The minimum Gasteiger partial charge on any atom is -0.395 e. The van der Waals surface area contributed by atoms with E-state index in [0.29, 0.717) is 12.3 Å². The third kappa shape index (κ3) is 2.20. The molecule has 1 aliphatic heterocycles. The maximum Gasteiger partial charge on any atom is 0.233 e. The summed E-state index contributed by atoms with van der Waals surface area (Å²) in [6.07, 6.45) is 0.